The third-order valence-corrected chi connectivity index (χ3v) is 2.52. The first-order valence-electron chi connectivity index (χ1n) is 4.14. The summed E-state index contributed by atoms with van der Waals surface area (Å²) in [4.78, 5) is 0. The molecule has 1 rings (SSSR count). The van der Waals surface area contributed by atoms with E-state index in [1.54, 1.807) is 26.0 Å². The van der Waals surface area contributed by atoms with Crippen molar-refractivity contribution < 1.29 is 13.9 Å². The van der Waals surface area contributed by atoms with E-state index in [9.17, 15) is 8.78 Å². The van der Waals surface area contributed by atoms with Crippen molar-refractivity contribution in [1.82, 2.24) is 0 Å². The lowest BCUT2D eigenvalue weighted by Gasteiger charge is -2.19. The van der Waals surface area contributed by atoms with Gasteiger partial charge in [0.25, 0.3) is 5.92 Å². The zero-order valence-corrected chi connectivity index (χ0v) is 9.53. The molecule has 14 heavy (non-hydrogen) atoms. The highest BCUT2D eigenvalue weighted by Crippen LogP contribution is 2.34. The maximum Gasteiger partial charge on any atom is 0.296 e. The van der Waals surface area contributed by atoms with Crippen LogP contribution in [0.2, 0.25) is 0 Å². The van der Waals surface area contributed by atoms with Crippen molar-refractivity contribution in [3.63, 3.8) is 0 Å². The summed E-state index contributed by atoms with van der Waals surface area (Å²) in [5.41, 5.74) is 0.884. The van der Waals surface area contributed by atoms with Crippen LogP contribution in [0.25, 0.3) is 0 Å². The van der Waals surface area contributed by atoms with E-state index in [1.165, 1.54) is 0 Å². The minimum Gasteiger partial charge on any atom is -0.390 e. The molecular formula is C10H11BrF2O. The maximum atomic E-state index is 13.3. The van der Waals surface area contributed by atoms with E-state index in [1.807, 2.05) is 0 Å². The molecule has 0 aromatic heterocycles. The van der Waals surface area contributed by atoms with Gasteiger partial charge in [0, 0.05) is 10.0 Å². The van der Waals surface area contributed by atoms with Crippen LogP contribution in [0, 0.1) is 13.8 Å². The quantitative estimate of drug-likeness (QED) is 0.870. The van der Waals surface area contributed by atoms with E-state index in [0.717, 1.165) is 4.47 Å². The highest BCUT2D eigenvalue weighted by molar-refractivity contribution is 9.10. The Morgan fingerprint density at radius 1 is 1.29 bits per heavy atom. The fraction of sp³-hybridized carbons (Fsp3) is 0.400. The zero-order valence-electron chi connectivity index (χ0n) is 7.94. The third-order valence-electron chi connectivity index (χ3n) is 2.06. The molecule has 1 aromatic rings. The topological polar surface area (TPSA) is 20.2 Å². The number of aliphatic hydroxyl groups excluding tert-OH is 1. The second-order valence-electron chi connectivity index (χ2n) is 3.28. The molecule has 0 aliphatic rings. The number of halogens is 3. The molecule has 0 saturated carbocycles. The molecule has 1 nitrogen and oxygen atoms in total. The van der Waals surface area contributed by atoms with Crippen molar-refractivity contribution in [2.75, 3.05) is 6.61 Å². The van der Waals surface area contributed by atoms with Crippen LogP contribution in [0.5, 0.6) is 0 Å². The summed E-state index contributed by atoms with van der Waals surface area (Å²) in [7, 11) is 0. The van der Waals surface area contributed by atoms with Gasteiger partial charge in [-0.15, -0.1) is 0 Å². The number of hydrogen-bond donors (Lipinski definition) is 1. The van der Waals surface area contributed by atoms with Gasteiger partial charge < -0.3 is 5.11 Å². The molecule has 0 radical (unpaired) electrons. The summed E-state index contributed by atoms with van der Waals surface area (Å²) in [6.45, 7) is 2.06. The molecule has 0 spiro atoms. The standard InChI is InChI=1S/C10H11BrF2O/c1-6-3-8(11)4-7(2)9(6)10(12,13)5-14/h3-4,14H,5H2,1-2H3. The summed E-state index contributed by atoms with van der Waals surface area (Å²) >= 11 is 3.23. The second kappa shape index (κ2) is 3.95. The number of aliphatic hydroxyl groups is 1. The summed E-state index contributed by atoms with van der Waals surface area (Å²) in [6, 6.07) is 3.23. The van der Waals surface area contributed by atoms with E-state index in [-0.39, 0.29) is 5.56 Å². The first-order chi connectivity index (χ1) is 6.38. The van der Waals surface area contributed by atoms with Crippen molar-refractivity contribution >= 4 is 15.9 Å². The van der Waals surface area contributed by atoms with Crippen molar-refractivity contribution in [2.24, 2.45) is 0 Å². The highest BCUT2D eigenvalue weighted by Gasteiger charge is 2.33. The predicted molar refractivity (Wildman–Crippen MR) is 54.6 cm³/mol. The van der Waals surface area contributed by atoms with Gasteiger partial charge in [-0.1, -0.05) is 15.9 Å². The second-order valence-corrected chi connectivity index (χ2v) is 4.19. The predicted octanol–water partition coefficient (Wildman–Crippen LogP) is 3.15. The minimum absolute atomic E-state index is 0.0804. The van der Waals surface area contributed by atoms with Crippen LogP contribution in [-0.2, 0) is 5.92 Å². The van der Waals surface area contributed by atoms with Gasteiger partial charge in [0.15, 0.2) is 0 Å². The van der Waals surface area contributed by atoms with Gasteiger partial charge in [0.2, 0.25) is 0 Å². The van der Waals surface area contributed by atoms with E-state index >= 15 is 0 Å². The van der Waals surface area contributed by atoms with Gasteiger partial charge >= 0.3 is 0 Å². The first-order valence-corrected chi connectivity index (χ1v) is 4.93. The highest BCUT2D eigenvalue weighted by atomic mass is 79.9. The Hall–Kier alpha value is -0.480. The average molecular weight is 265 g/mol. The fourth-order valence-electron chi connectivity index (χ4n) is 1.57. The van der Waals surface area contributed by atoms with Crippen LogP contribution in [0.3, 0.4) is 0 Å². The number of hydrogen-bond acceptors (Lipinski definition) is 1. The Morgan fingerprint density at radius 2 is 1.71 bits per heavy atom. The van der Waals surface area contributed by atoms with Gasteiger partial charge in [0.05, 0.1) is 0 Å². The molecule has 1 aromatic carbocycles. The van der Waals surface area contributed by atoms with Gasteiger partial charge in [-0.3, -0.25) is 0 Å². The van der Waals surface area contributed by atoms with Gasteiger partial charge in [-0.25, -0.2) is 0 Å². The number of rotatable bonds is 2. The van der Waals surface area contributed by atoms with Gasteiger partial charge in [0.1, 0.15) is 6.61 Å². The van der Waals surface area contributed by atoms with Crippen LogP contribution in [0.1, 0.15) is 16.7 Å². The van der Waals surface area contributed by atoms with Crippen molar-refractivity contribution in [3.8, 4) is 0 Å². The number of benzene rings is 1. The summed E-state index contributed by atoms with van der Waals surface area (Å²) in [5.74, 6) is -3.16. The first kappa shape index (κ1) is 11.6. The molecule has 1 N–H and O–H groups in total. The summed E-state index contributed by atoms with van der Waals surface area (Å²) in [5, 5.41) is 8.60. The van der Waals surface area contributed by atoms with Crippen LogP contribution < -0.4 is 0 Å². The van der Waals surface area contributed by atoms with E-state index in [4.69, 9.17) is 5.11 Å². The van der Waals surface area contributed by atoms with Crippen molar-refractivity contribution in [1.29, 1.82) is 0 Å². The molecule has 0 bridgehead atoms. The Kier molecular flexibility index (Phi) is 3.27. The Labute approximate surface area is 89.9 Å². The van der Waals surface area contributed by atoms with E-state index in [2.05, 4.69) is 15.9 Å². The van der Waals surface area contributed by atoms with E-state index in [0.29, 0.717) is 11.1 Å². The van der Waals surface area contributed by atoms with Crippen LogP contribution in [-0.4, -0.2) is 11.7 Å². The van der Waals surface area contributed by atoms with Crippen LogP contribution in [0.4, 0.5) is 8.78 Å². The molecule has 0 atom stereocenters. The number of alkyl halides is 2. The lowest BCUT2D eigenvalue weighted by atomic mass is 9.98. The zero-order chi connectivity index (χ0) is 10.9. The molecule has 0 aliphatic carbocycles. The number of aryl methyl sites for hydroxylation is 2. The minimum atomic E-state index is -3.16. The van der Waals surface area contributed by atoms with Crippen LogP contribution >= 0.6 is 15.9 Å². The van der Waals surface area contributed by atoms with Crippen LogP contribution in [0.15, 0.2) is 16.6 Å². The Balaban J connectivity index is 3.35. The monoisotopic (exact) mass is 264 g/mol. The van der Waals surface area contributed by atoms with Gasteiger partial charge in [-0.05, 0) is 37.1 Å². The molecule has 0 fully saturated rings. The maximum absolute atomic E-state index is 13.3. The molecule has 0 amide bonds. The Bertz CT molecular complexity index is 327. The molecule has 0 aliphatic heterocycles. The third kappa shape index (κ3) is 2.12. The fourth-order valence-corrected chi connectivity index (χ4v) is 2.25. The molecular weight excluding hydrogens is 254 g/mol. The lowest BCUT2D eigenvalue weighted by Crippen LogP contribution is -2.21. The molecule has 78 valence electrons. The largest absolute Gasteiger partial charge is 0.390 e. The SMILES string of the molecule is Cc1cc(Br)cc(C)c1C(F)(F)CO. The summed E-state index contributed by atoms with van der Waals surface area (Å²) in [6.07, 6.45) is 0. The normalized spacial score (nSPS) is 11.9. The summed E-state index contributed by atoms with van der Waals surface area (Å²) < 4.78 is 27.3. The van der Waals surface area contributed by atoms with Gasteiger partial charge in [-0.2, -0.15) is 8.78 Å². The smallest absolute Gasteiger partial charge is 0.296 e. The lowest BCUT2D eigenvalue weighted by molar-refractivity contribution is -0.0566. The van der Waals surface area contributed by atoms with Crippen molar-refractivity contribution in [3.05, 3.63) is 33.3 Å². The molecule has 0 saturated heterocycles. The Morgan fingerprint density at radius 3 is 2.07 bits per heavy atom. The molecule has 4 heteroatoms. The van der Waals surface area contributed by atoms with Crippen molar-refractivity contribution in [2.45, 2.75) is 19.8 Å². The molecule has 0 heterocycles. The molecule has 0 unspecified atom stereocenters. The average Bonchev–Trinajstić information content (AvgIpc) is 2.01. The van der Waals surface area contributed by atoms with E-state index < -0.39 is 12.5 Å².